The number of hydrazone groups is 1. The minimum absolute atomic E-state index is 0.320. The van der Waals surface area contributed by atoms with E-state index in [0.717, 1.165) is 15.7 Å². The van der Waals surface area contributed by atoms with Crippen molar-refractivity contribution in [3.63, 3.8) is 0 Å². The average molecular weight is 307 g/mol. The number of carbonyl (C=O) groups is 1. The van der Waals surface area contributed by atoms with Crippen molar-refractivity contribution in [1.29, 1.82) is 0 Å². The molecular formula is C12H11BrN4O. The minimum atomic E-state index is -0.340. The smallest absolute Gasteiger partial charge is 0.282 e. The number of amides is 1. The van der Waals surface area contributed by atoms with Gasteiger partial charge < -0.3 is 0 Å². The second-order valence-electron chi connectivity index (χ2n) is 3.69. The summed E-state index contributed by atoms with van der Waals surface area (Å²) in [4.78, 5) is 11.6. The van der Waals surface area contributed by atoms with Crippen LogP contribution in [-0.4, -0.2) is 22.3 Å². The molecule has 5 nitrogen and oxygen atoms in total. The van der Waals surface area contributed by atoms with Gasteiger partial charge in [-0.1, -0.05) is 28.1 Å². The molecule has 0 bridgehead atoms. The molecule has 0 saturated heterocycles. The molecule has 0 aliphatic carbocycles. The van der Waals surface area contributed by atoms with Crippen LogP contribution in [0.25, 0.3) is 0 Å². The monoisotopic (exact) mass is 306 g/mol. The molecule has 1 amide bonds. The summed E-state index contributed by atoms with van der Waals surface area (Å²) in [6, 6.07) is 9.24. The Hall–Kier alpha value is -1.95. The van der Waals surface area contributed by atoms with E-state index in [1.54, 1.807) is 12.3 Å². The van der Waals surface area contributed by atoms with Crippen LogP contribution >= 0.6 is 15.9 Å². The zero-order valence-corrected chi connectivity index (χ0v) is 11.2. The molecule has 6 heteroatoms. The van der Waals surface area contributed by atoms with Gasteiger partial charge in [-0.05, 0) is 30.7 Å². The standard InChI is InChI=1S/C12H11BrN4O/c1-8-6-11(16-15-8)12(18)17-14-7-9-2-4-10(13)5-3-9/h2-7H,1H3,(H,15,16)(H,17,18)/b14-7-. The number of H-pyrrole nitrogens is 1. The number of aryl methyl sites for hydroxylation is 1. The summed E-state index contributed by atoms with van der Waals surface area (Å²) in [7, 11) is 0. The number of aromatic nitrogens is 2. The summed E-state index contributed by atoms with van der Waals surface area (Å²) in [6.45, 7) is 1.83. The topological polar surface area (TPSA) is 70.1 Å². The Labute approximate surface area is 112 Å². The highest BCUT2D eigenvalue weighted by Gasteiger charge is 2.06. The Balaban J connectivity index is 1.95. The highest BCUT2D eigenvalue weighted by molar-refractivity contribution is 9.10. The number of hydrogen-bond acceptors (Lipinski definition) is 3. The van der Waals surface area contributed by atoms with Gasteiger partial charge in [0.2, 0.25) is 0 Å². The SMILES string of the molecule is Cc1cc(C(=O)N/N=C\c2ccc(Br)cc2)n[nH]1. The first-order valence-corrected chi connectivity index (χ1v) is 6.05. The minimum Gasteiger partial charge on any atom is -0.282 e. The van der Waals surface area contributed by atoms with Crippen LogP contribution in [0, 0.1) is 6.92 Å². The maximum absolute atomic E-state index is 11.6. The molecule has 2 N–H and O–H groups in total. The molecule has 2 rings (SSSR count). The second kappa shape index (κ2) is 5.59. The Morgan fingerprint density at radius 2 is 2.17 bits per heavy atom. The fraction of sp³-hybridized carbons (Fsp3) is 0.0833. The zero-order chi connectivity index (χ0) is 13.0. The summed E-state index contributed by atoms with van der Waals surface area (Å²) in [5.74, 6) is -0.340. The van der Waals surface area contributed by atoms with Crippen LogP contribution in [0.1, 0.15) is 21.7 Å². The Bertz CT molecular complexity index is 574. The van der Waals surface area contributed by atoms with Crippen molar-refractivity contribution in [2.24, 2.45) is 5.10 Å². The number of nitrogens with zero attached hydrogens (tertiary/aromatic N) is 2. The van der Waals surface area contributed by atoms with Crippen molar-refractivity contribution in [3.8, 4) is 0 Å². The molecule has 18 heavy (non-hydrogen) atoms. The molecule has 0 spiro atoms. The maximum Gasteiger partial charge on any atom is 0.291 e. The molecule has 2 aromatic rings. The first-order chi connectivity index (χ1) is 8.65. The van der Waals surface area contributed by atoms with Gasteiger partial charge in [0.1, 0.15) is 0 Å². The molecule has 0 saturated carbocycles. The summed E-state index contributed by atoms with van der Waals surface area (Å²) in [6.07, 6.45) is 1.57. The molecule has 0 aliphatic heterocycles. The quantitative estimate of drug-likeness (QED) is 0.674. The molecular weight excluding hydrogens is 296 g/mol. The number of aromatic amines is 1. The van der Waals surface area contributed by atoms with E-state index in [0.29, 0.717) is 5.69 Å². The molecule has 0 radical (unpaired) electrons. The number of carbonyl (C=O) groups excluding carboxylic acids is 1. The lowest BCUT2D eigenvalue weighted by atomic mass is 10.2. The molecule has 1 aromatic carbocycles. The molecule has 92 valence electrons. The van der Waals surface area contributed by atoms with Crippen LogP contribution < -0.4 is 5.43 Å². The van der Waals surface area contributed by atoms with Gasteiger partial charge in [-0.3, -0.25) is 9.89 Å². The third-order valence-electron chi connectivity index (χ3n) is 2.19. The molecule has 1 aromatic heterocycles. The van der Waals surface area contributed by atoms with Gasteiger partial charge in [0, 0.05) is 10.2 Å². The van der Waals surface area contributed by atoms with Crippen LogP contribution in [0.2, 0.25) is 0 Å². The van der Waals surface area contributed by atoms with Crippen molar-refractivity contribution >= 4 is 28.1 Å². The van der Waals surface area contributed by atoms with E-state index in [2.05, 4.69) is 36.7 Å². The lowest BCUT2D eigenvalue weighted by Crippen LogP contribution is -2.17. The van der Waals surface area contributed by atoms with E-state index in [9.17, 15) is 4.79 Å². The van der Waals surface area contributed by atoms with E-state index < -0.39 is 0 Å². The van der Waals surface area contributed by atoms with Gasteiger partial charge in [-0.25, -0.2) is 5.43 Å². The van der Waals surface area contributed by atoms with Gasteiger partial charge in [-0.2, -0.15) is 10.2 Å². The van der Waals surface area contributed by atoms with Crippen molar-refractivity contribution in [3.05, 3.63) is 51.8 Å². The third kappa shape index (κ3) is 3.27. The van der Waals surface area contributed by atoms with Gasteiger partial charge in [-0.15, -0.1) is 0 Å². The van der Waals surface area contributed by atoms with E-state index in [4.69, 9.17) is 0 Å². The van der Waals surface area contributed by atoms with Gasteiger partial charge in [0.15, 0.2) is 5.69 Å². The van der Waals surface area contributed by atoms with E-state index in [1.165, 1.54) is 0 Å². The van der Waals surface area contributed by atoms with Crippen LogP contribution in [0.4, 0.5) is 0 Å². The normalized spacial score (nSPS) is 10.8. The number of rotatable bonds is 3. The van der Waals surface area contributed by atoms with E-state index in [-0.39, 0.29) is 5.91 Å². The van der Waals surface area contributed by atoms with Crippen molar-refractivity contribution < 1.29 is 4.79 Å². The van der Waals surface area contributed by atoms with Crippen LogP contribution in [0.5, 0.6) is 0 Å². The first kappa shape index (κ1) is 12.5. The van der Waals surface area contributed by atoms with Crippen LogP contribution in [0.15, 0.2) is 39.9 Å². The zero-order valence-electron chi connectivity index (χ0n) is 9.64. The van der Waals surface area contributed by atoms with Crippen molar-refractivity contribution in [2.75, 3.05) is 0 Å². The van der Waals surface area contributed by atoms with Crippen LogP contribution in [0.3, 0.4) is 0 Å². The number of hydrogen-bond donors (Lipinski definition) is 2. The summed E-state index contributed by atoms with van der Waals surface area (Å²) in [5.41, 5.74) is 4.46. The van der Waals surface area contributed by atoms with Gasteiger partial charge >= 0.3 is 0 Å². The fourth-order valence-corrected chi connectivity index (χ4v) is 1.57. The lowest BCUT2D eigenvalue weighted by molar-refractivity contribution is 0.0950. The van der Waals surface area contributed by atoms with Gasteiger partial charge in [0.25, 0.3) is 5.91 Å². The molecule has 0 aliphatic rings. The number of nitrogens with one attached hydrogen (secondary N) is 2. The number of halogens is 1. The summed E-state index contributed by atoms with van der Waals surface area (Å²) >= 11 is 3.34. The van der Waals surface area contributed by atoms with E-state index >= 15 is 0 Å². The predicted octanol–water partition coefficient (Wildman–Crippen LogP) is 2.24. The second-order valence-corrected chi connectivity index (χ2v) is 4.60. The number of benzene rings is 1. The van der Waals surface area contributed by atoms with Crippen LogP contribution in [-0.2, 0) is 0 Å². The molecule has 0 unspecified atom stereocenters. The third-order valence-corrected chi connectivity index (χ3v) is 2.72. The van der Waals surface area contributed by atoms with Gasteiger partial charge in [0.05, 0.1) is 6.21 Å². The fourth-order valence-electron chi connectivity index (χ4n) is 1.31. The largest absolute Gasteiger partial charge is 0.291 e. The molecule has 0 atom stereocenters. The Morgan fingerprint density at radius 3 is 2.78 bits per heavy atom. The molecule has 0 fully saturated rings. The summed E-state index contributed by atoms with van der Waals surface area (Å²) < 4.78 is 0.996. The Kier molecular flexibility index (Phi) is 3.88. The highest BCUT2D eigenvalue weighted by atomic mass is 79.9. The lowest BCUT2D eigenvalue weighted by Gasteiger charge is -1.95. The molecule has 1 heterocycles. The first-order valence-electron chi connectivity index (χ1n) is 5.26. The van der Waals surface area contributed by atoms with Crippen molar-refractivity contribution in [1.82, 2.24) is 15.6 Å². The van der Waals surface area contributed by atoms with E-state index in [1.807, 2.05) is 31.2 Å². The summed E-state index contributed by atoms with van der Waals surface area (Å²) in [5, 5.41) is 10.4. The average Bonchev–Trinajstić information content (AvgIpc) is 2.78. The maximum atomic E-state index is 11.6. The highest BCUT2D eigenvalue weighted by Crippen LogP contribution is 2.08. The Morgan fingerprint density at radius 1 is 1.44 bits per heavy atom. The predicted molar refractivity (Wildman–Crippen MR) is 72.5 cm³/mol. The van der Waals surface area contributed by atoms with Crippen molar-refractivity contribution in [2.45, 2.75) is 6.92 Å².